The average molecular weight is 364 g/mol. The van der Waals surface area contributed by atoms with E-state index in [1.807, 2.05) is 0 Å². The van der Waals surface area contributed by atoms with Gasteiger partial charge in [-0.15, -0.1) is 0 Å². The maximum Gasteiger partial charge on any atom is 0.200 e. The SMILES string of the molecule is COc1ccc(C(=O)COc2ccc(C(=O)c3ccc(F)cc3)cc2)cc1. The number of carbonyl (C=O) groups is 2. The van der Waals surface area contributed by atoms with Crippen molar-refractivity contribution in [3.63, 3.8) is 0 Å². The number of rotatable bonds is 7. The predicted octanol–water partition coefficient (Wildman–Crippen LogP) is 4.33. The highest BCUT2D eigenvalue weighted by Crippen LogP contribution is 2.17. The molecule has 0 saturated carbocycles. The highest BCUT2D eigenvalue weighted by atomic mass is 19.1. The van der Waals surface area contributed by atoms with Crippen LogP contribution in [0, 0.1) is 5.82 Å². The molecular formula is C22H17FO4. The Morgan fingerprint density at radius 3 is 1.78 bits per heavy atom. The summed E-state index contributed by atoms with van der Waals surface area (Å²) >= 11 is 0. The largest absolute Gasteiger partial charge is 0.497 e. The molecule has 4 nitrogen and oxygen atoms in total. The molecule has 3 aromatic rings. The van der Waals surface area contributed by atoms with Crippen LogP contribution in [-0.2, 0) is 0 Å². The van der Waals surface area contributed by atoms with Crippen molar-refractivity contribution < 1.29 is 23.5 Å². The summed E-state index contributed by atoms with van der Waals surface area (Å²) in [5.74, 6) is 0.387. The van der Waals surface area contributed by atoms with E-state index in [-0.39, 0.29) is 18.2 Å². The lowest BCUT2D eigenvalue weighted by Gasteiger charge is -2.07. The second-order valence-corrected chi connectivity index (χ2v) is 5.80. The minimum absolute atomic E-state index is 0.114. The van der Waals surface area contributed by atoms with Crippen molar-refractivity contribution in [1.29, 1.82) is 0 Å². The van der Waals surface area contributed by atoms with Crippen molar-refractivity contribution in [2.45, 2.75) is 0 Å². The van der Waals surface area contributed by atoms with Gasteiger partial charge in [0.15, 0.2) is 18.2 Å². The molecule has 3 rings (SSSR count). The Morgan fingerprint density at radius 2 is 1.22 bits per heavy atom. The molecule has 0 bridgehead atoms. The van der Waals surface area contributed by atoms with E-state index in [0.29, 0.717) is 28.2 Å². The highest BCUT2D eigenvalue weighted by molar-refractivity contribution is 6.09. The molecule has 0 N–H and O–H groups in total. The fraction of sp³-hybridized carbons (Fsp3) is 0.0909. The van der Waals surface area contributed by atoms with Crippen LogP contribution in [0.2, 0.25) is 0 Å². The van der Waals surface area contributed by atoms with E-state index in [2.05, 4.69) is 0 Å². The Morgan fingerprint density at radius 1 is 0.741 bits per heavy atom. The quantitative estimate of drug-likeness (QED) is 0.586. The van der Waals surface area contributed by atoms with Crippen LogP contribution in [0.1, 0.15) is 26.3 Å². The van der Waals surface area contributed by atoms with Crippen molar-refractivity contribution in [2.75, 3.05) is 13.7 Å². The third kappa shape index (κ3) is 4.58. The molecule has 0 spiro atoms. The van der Waals surface area contributed by atoms with Gasteiger partial charge in [-0.2, -0.15) is 0 Å². The van der Waals surface area contributed by atoms with E-state index in [0.717, 1.165) is 0 Å². The van der Waals surface area contributed by atoms with Gasteiger partial charge in [0, 0.05) is 16.7 Å². The monoisotopic (exact) mass is 364 g/mol. The van der Waals surface area contributed by atoms with Crippen LogP contribution in [0.5, 0.6) is 11.5 Å². The molecule has 0 aliphatic carbocycles. The minimum atomic E-state index is -0.392. The van der Waals surface area contributed by atoms with Gasteiger partial charge >= 0.3 is 0 Å². The first-order chi connectivity index (χ1) is 13.1. The normalized spacial score (nSPS) is 10.3. The van der Waals surface area contributed by atoms with Gasteiger partial charge in [-0.3, -0.25) is 9.59 Å². The summed E-state index contributed by atoms with van der Waals surface area (Å²) in [6, 6.07) is 18.6. The van der Waals surface area contributed by atoms with Gasteiger partial charge in [0.1, 0.15) is 17.3 Å². The Hall–Kier alpha value is -3.47. The molecule has 136 valence electrons. The summed E-state index contributed by atoms with van der Waals surface area (Å²) < 4.78 is 23.5. The highest BCUT2D eigenvalue weighted by Gasteiger charge is 2.10. The van der Waals surface area contributed by atoms with Gasteiger partial charge in [-0.1, -0.05) is 0 Å². The van der Waals surface area contributed by atoms with Crippen molar-refractivity contribution in [3.8, 4) is 11.5 Å². The molecule has 0 saturated heterocycles. The molecule has 3 aromatic carbocycles. The number of hydrogen-bond donors (Lipinski definition) is 0. The summed E-state index contributed by atoms with van der Waals surface area (Å²) in [5, 5.41) is 0. The summed E-state index contributed by atoms with van der Waals surface area (Å²) in [7, 11) is 1.56. The molecule has 0 aliphatic heterocycles. The zero-order valence-electron chi connectivity index (χ0n) is 14.6. The number of Topliss-reactive ketones (excluding diaryl/α,β-unsaturated/α-hetero) is 1. The number of benzene rings is 3. The van der Waals surface area contributed by atoms with Crippen molar-refractivity contribution in [3.05, 3.63) is 95.3 Å². The fourth-order valence-electron chi connectivity index (χ4n) is 2.48. The molecule has 27 heavy (non-hydrogen) atoms. The van der Waals surface area contributed by atoms with E-state index >= 15 is 0 Å². The number of hydrogen-bond acceptors (Lipinski definition) is 4. The smallest absolute Gasteiger partial charge is 0.200 e. The topological polar surface area (TPSA) is 52.6 Å². The number of ketones is 2. The number of methoxy groups -OCH3 is 1. The molecule has 0 radical (unpaired) electrons. The van der Waals surface area contributed by atoms with E-state index in [1.165, 1.54) is 24.3 Å². The van der Waals surface area contributed by atoms with Crippen LogP contribution >= 0.6 is 0 Å². The van der Waals surface area contributed by atoms with Crippen LogP contribution < -0.4 is 9.47 Å². The van der Waals surface area contributed by atoms with E-state index in [4.69, 9.17) is 9.47 Å². The molecule has 0 atom stereocenters. The summed E-state index contributed by atoms with van der Waals surface area (Å²) in [4.78, 5) is 24.5. The first-order valence-corrected chi connectivity index (χ1v) is 8.27. The Labute approximate surface area is 156 Å². The second-order valence-electron chi connectivity index (χ2n) is 5.80. The van der Waals surface area contributed by atoms with Gasteiger partial charge in [0.05, 0.1) is 7.11 Å². The Kier molecular flexibility index (Phi) is 5.61. The molecule has 0 amide bonds. The fourth-order valence-corrected chi connectivity index (χ4v) is 2.48. The van der Waals surface area contributed by atoms with Gasteiger partial charge in [0.2, 0.25) is 0 Å². The summed E-state index contributed by atoms with van der Waals surface area (Å²) in [5.41, 5.74) is 1.38. The van der Waals surface area contributed by atoms with Crippen LogP contribution in [0.4, 0.5) is 4.39 Å². The van der Waals surface area contributed by atoms with Crippen LogP contribution in [-0.4, -0.2) is 25.3 Å². The molecular weight excluding hydrogens is 347 g/mol. The van der Waals surface area contributed by atoms with Crippen molar-refractivity contribution >= 4 is 11.6 Å². The number of carbonyl (C=O) groups excluding carboxylic acids is 2. The molecule has 0 fully saturated rings. The average Bonchev–Trinajstić information content (AvgIpc) is 2.72. The molecule has 0 aliphatic rings. The zero-order chi connectivity index (χ0) is 19.2. The lowest BCUT2D eigenvalue weighted by atomic mass is 10.0. The first-order valence-electron chi connectivity index (χ1n) is 8.27. The molecule has 5 heteroatoms. The van der Waals surface area contributed by atoms with Crippen molar-refractivity contribution in [1.82, 2.24) is 0 Å². The molecule has 0 heterocycles. The van der Waals surface area contributed by atoms with Gasteiger partial charge in [0.25, 0.3) is 0 Å². The number of halogens is 1. The van der Waals surface area contributed by atoms with Crippen LogP contribution in [0.3, 0.4) is 0 Å². The predicted molar refractivity (Wildman–Crippen MR) is 99.1 cm³/mol. The standard InChI is InChI=1S/C22H17FO4/c1-26-19-10-4-15(5-11-19)21(24)14-27-20-12-6-17(7-13-20)22(25)16-2-8-18(23)9-3-16/h2-13H,14H2,1H3. The molecule has 0 unspecified atom stereocenters. The van der Waals surface area contributed by atoms with E-state index in [1.54, 1.807) is 55.6 Å². The third-order valence-corrected chi connectivity index (χ3v) is 4.00. The summed E-state index contributed by atoms with van der Waals surface area (Å²) in [6.45, 7) is -0.114. The van der Waals surface area contributed by atoms with Gasteiger partial charge in [-0.05, 0) is 72.8 Å². The second kappa shape index (κ2) is 8.27. The van der Waals surface area contributed by atoms with Gasteiger partial charge < -0.3 is 9.47 Å². The van der Waals surface area contributed by atoms with Crippen LogP contribution in [0.25, 0.3) is 0 Å². The van der Waals surface area contributed by atoms with Crippen LogP contribution in [0.15, 0.2) is 72.8 Å². The number of ether oxygens (including phenoxy) is 2. The molecule has 0 aromatic heterocycles. The third-order valence-electron chi connectivity index (χ3n) is 4.00. The summed E-state index contributed by atoms with van der Waals surface area (Å²) in [6.07, 6.45) is 0. The Balaban J connectivity index is 1.60. The maximum absolute atomic E-state index is 13.0. The van der Waals surface area contributed by atoms with Gasteiger partial charge in [-0.25, -0.2) is 4.39 Å². The zero-order valence-corrected chi connectivity index (χ0v) is 14.6. The lowest BCUT2D eigenvalue weighted by molar-refractivity contribution is 0.0920. The minimum Gasteiger partial charge on any atom is -0.497 e. The van der Waals surface area contributed by atoms with E-state index in [9.17, 15) is 14.0 Å². The maximum atomic E-state index is 13.0. The lowest BCUT2D eigenvalue weighted by Crippen LogP contribution is -2.11. The first kappa shape index (κ1) is 18.3. The van der Waals surface area contributed by atoms with Crippen molar-refractivity contribution in [2.24, 2.45) is 0 Å². The Bertz CT molecular complexity index is 930. The van der Waals surface area contributed by atoms with E-state index < -0.39 is 5.82 Å².